The van der Waals surface area contributed by atoms with Gasteiger partial charge in [0, 0.05) is 21.8 Å². The van der Waals surface area contributed by atoms with E-state index in [0.717, 1.165) is 15.8 Å². The topological polar surface area (TPSA) is 93.1 Å². The minimum Gasteiger partial charge on any atom is -0.324 e. The van der Waals surface area contributed by atoms with Crippen LogP contribution in [0.4, 0.5) is 11.4 Å². The molecule has 8 heteroatoms. The number of rotatable bonds is 6. The van der Waals surface area contributed by atoms with Crippen LogP contribution < -0.4 is 16.2 Å². The van der Waals surface area contributed by atoms with Gasteiger partial charge in [0.25, 0.3) is 11.5 Å². The summed E-state index contributed by atoms with van der Waals surface area (Å²) in [6.07, 6.45) is 0. The second-order valence-corrected chi connectivity index (χ2v) is 8.09. The first-order valence-corrected chi connectivity index (χ1v) is 10.9. The third-order valence-electron chi connectivity index (χ3n) is 5.01. The van der Waals surface area contributed by atoms with E-state index in [1.807, 2.05) is 31.2 Å². The third kappa shape index (κ3) is 5.57. The van der Waals surface area contributed by atoms with Gasteiger partial charge in [0.15, 0.2) is 0 Å². The molecule has 0 aliphatic rings. The number of nitrogens with one attached hydrogen (secondary N) is 2. The first-order chi connectivity index (χ1) is 16.4. The molecule has 2 amide bonds. The maximum Gasteiger partial charge on any atom is 0.291 e. The number of nitrogens with zero attached hydrogens (tertiary/aromatic N) is 2. The molecule has 0 atom stereocenters. The fourth-order valence-corrected chi connectivity index (χ4v) is 3.48. The predicted molar refractivity (Wildman–Crippen MR) is 133 cm³/mol. The first kappa shape index (κ1) is 22.9. The van der Waals surface area contributed by atoms with Crippen molar-refractivity contribution in [1.29, 1.82) is 0 Å². The standard InChI is InChI=1S/C26H21ClN4O3/c1-17-10-12-18(13-11-17)22-15-23(29-25(33)19-6-3-2-4-7-19)26(34)31(30-22)16-24(32)28-21-9-5-8-20(27)14-21/h2-15H,16H2,1H3,(H,28,32)(H,29,33). The molecule has 0 aliphatic carbocycles. The number of aryl methyl sites for hydroxylation is 1. The van der Waals surface area contributed by atoms with Crippen molar-refractivity contribution >= 4 is 34.8 Å². The molecule has 0 spiro atoms. The zero-order valence-electron chi connectivity index (χ0n) is 18.3. The van der Waals surface area contributed by atoms with Gasteiger partial charge in [0.2, 0.25) is 5.91 Å². The van der Waals surface area contributed by atoms with Gasteiger partial charge in [-0.25, -0.2) is 4.68 Å². The van der Waals surface area contributed by atoms with Crippen molar-refractivity contribution in [2.24, 2.45) is 0 Å². The van der Waals surface area contributed by atoms with Gasteiger partial charge in [0.1, 0.15) is 12.2 Å². The summed E-state index contributed by atoms with van der Waals surface area (Å²) in [7, 11) is 0. The van der Waals surface area contributed by atoms with Crippen LogP contribution in [0.15, 0.2) is 89.7 Å². The summed E-state index contributed by atoms with van der Waals surface area (Å²) in [6, 6.07) is 24.3. The molecule has 0 saturated heterocycles. The lowest BCUT2D eigenvalue weighted by molar-refractivity contribution is -0.117. The highest BCUT2D eigenvalue weighted by molar-refractivity contribution is 6.30. The van der Waals surface area contributed by atoms with Crippen LogP contribution in [0, 0.1) is 6.92 Å². The summed E-state index contributed by atoms with van der Waals surface area (Å²) in [5.41, 5.74) is 2.58. The zero-order valence-corrected chi connectivity index (χ0v) is 19.0. The predicted octanol–water partition coefficient (Wildman–Crippen LogP) is 4.76. The molecule has 170 valence electrons. The minimum absolute atomic E-state index is 0.0231. The Balaban J connectivity index is 1.68. The van der Waals surface area contributed by atoms with Gasteiger partial charge in [-0.05, 0) is 43.3 Å². The number of benzene rings is 3. The van der Waals surface area contributed by atoms with Crippen molar-refractivity contribution in [2.75, 3.05) is 10.6 Å². The van der Waals surface area contributed by atoms with E-state index in [2.05, 4.69) is 15.7 Å². The van der Waals surface area contributed by atoms with E-state index in [1.165, 1.54) is 6.07 Å². The second-order valence-electron chi connectivity index (χ2n) is 7.65. The molecule has 1 aromatic heterocycles. The molecule has 0 aliphatic heterocycles. The van der Waals surface area contributed by atoms with Crippen molar-refractivity contribution in [1.82, 2.24) is 9.78 Å². The van der Waals surface area contributed by atoms with Crippen LogP contribution in [0.3, 0.4) is 0 Å². The van der Waals surface area contributed by atoms with E-state index >= 15 is 0 Å². The Bertz CT molecular complexity index is 1400. The molecular weight excluding hydrogens is 452 g/mol. The van der Waals surface area contributed by atoms with Gasteiger partial charge in [0.05, 0.1) is 5.69 Å². The number of aromatic nitrogens is 2. The van der Waals surface area contributed by atoms with Gasteiger partial charge < -0.3 is 10.6 Å². The highest BCUT2D eigenvalue weighted by Crippen LogP contribution is 2.20. The highest BCUT2D eigenvalue weighted by atomic mass is 35.5. The van der Waals surface area contributed by atoms with Crippen LogP contribution in [-0.2, 0) is 11.3 Å². The molecule has 34 heavy (non-hydrogen) atoms. The van der Waals surface area contributed by atoms with Gasteiger partial charge >= 0.3 is 0 Å². The van der Waals surface area contributed by atoms with E-state index in [9.17, 15) is 14.4 Å². The number of hydrogen-bond donors (Lipinski definition) is 2. The Labute approximate surface area is 201 Å². The fourth-order valence-electron chi connectivity index (χ4n) is 3.29. The van der Waals surface area contributed by atoms with Gasteiger partial charge in [-0.15, -0.1) is 0 Å². The Morgan fingerprint density at radius 1 is 0.912 bits per heavy atom. The average Bonchev–Trinajstić information content (AvgIpc) is 2.82. The van der Waals surface area contributed by atoms with Crippen LogP contribution in [0.1, 0.15) is 15.9 Å². The molecule has 0 radical (unpaired) electrons. The number of carbonyl (C=O) groups is 2. The Hall–Kier alpha value is -4.23. The fraction of sp³-hybridized carbons (Fsp3) is 0.0769. The van der Waals surface area contributed by atoms with E-state index in [-0.39, 0.29) is 12.2 Å². The molecule has 2 N–H and O–H groups in total. The molecule has 1 heterocycles. The molecule has 7 nitrogen and oxygen atoms in total. The quantitative estimate of drug-likeness (QED) is 0.423. The van der Waals surface area contributed by atoms with Crippen molar-refractivity contribution in [3.63, 3.8) is 0 Å². The molecule has 0 bridgehead atoms. The smallest absolute Gasteiger partial charge is 0.291 e. The van der Waals surface area contributed by atoms with Crippen molar-refractivity contribution in [3.8, 4) is 11.3 Å². The lowest BCUT2D eigenvalue weighted by Gasteiger charge is -2.12. The van der Waals surface area contributed by atoms with E-state index < -0.39 is 17.4 Å². The summed E-state index contributed by atoms with van der Waals surface area (Å²) in [5.74, 6) is -0.896. The summed E-state index contributed by atoms with van der Waals surface area (Å²) < 4.78 is 1.04. The summed E-state index contributed by atoms with van der Waals surface area (Å²) in [4.78, 5) is 38.4. The van der Waals surface area contributed by atoms with Gasteiger partial charge in [-0.3, -0.25) is 14.4 Å². The number of amides is 2. The largest absolute Gasteiger partial charge is 0.324 e. The first-order valence-electron chi connectivity index (χ1n) is 10.5. The van der Waals surface area contributed by atoms with Gasteiger partial charge in [-0.2, -0.15) is 5.10 Å². The SMILES string of the molecule is Cc1ccc(-c2cc(NC(=O)c3ccccc3)c(=O)n(CC(=O)Nc3cccc(Cl)c3)n2)cc1. The number of halogens is 1. The molecule has 0 unspecified atom stereocenters. The van der Waals surface area contributed by atoms with E-state index in [1.54, 1.807) is 54.6 Å². The van der Waals surface area contributed by atoms with Crippen molar-refractivity contribution in [3.05, 3.63) is 111 Å². The summed E-state index contributed by atoms with van der Waals surface area (Å²) >= 11 is 5.97. The Morgan fingerprint density at radius 3 is 2.35 bits per heavy atom. The molecule has 0 saturated carbocycles. The molecule has 3 aromatic carbocycles. The van der Waals surface area contributed by atoms with Crippen LogP contribution in [-0.4, -0.2) is 21.6 Å². The number of anilines is 2. The third-order valence-corrected chi connectivity index (χ3v) is 5.24. The molecule has 4 rings (SSSR count). The lowest BCUT2D eigenvalue weighted by Crippen LogP contribution is -2.32. The Kier molecular flexibility index (Phi) is 6.85. The van der Waals surface area contributed by atoms with Crippen LogP contribution in [0.5, 0.6) is 0 Å². The summed E-state index contributed by atoms with van der Waals surface area (Å²) in [5, 5.41) is 10.2. The summed E-state index contributed by atoms with van der Waals surface area (Å²) in [6.45, 7) is 1.61. The monoisotopic (exact) mass is 472 g/mol. The van der Waals surface area contributed by atoms with Crippen LogP contribution >= 0.6 is 11.6 Å². The Morgan fingerprint density at radius 2 is 1.65 bits per heavy atom. The minimum atomic E-state index is -0.596. The molecular formula is C26H21ClN4O3. The number of hydrogen-bond acceptors (Lipinski definition) is 4. The average molecular weight is 473 g/mol. The second kappa shape index (κ2) is 10.1. The van der Waals surface area contributed by atoms with Gasteiger partial charge in [-0.1, -0.05) is 65.7 Å². The highest BCUT2D eigenvalue weighted by Gasteiger charge is 2.16. The molecule has 4 aromatic rings. The number of carbonyl (C=O) groups excluding carboxylic acids is 2. The molecule has 0 fully saturated rings. The maximum atomic E-state index is 13.1. The van der Waals surface area contributed by atoms with E-state index in [0.29, 0.717) is 22.0 Å². The van der Waals surface area contributed by atoms with Crippen molar-refractivity contribution in [2.45, 2.75) is 13.5 Å². The van der Waals surface area contributed by atoms with Crippen LogP contribution in [0.25, 0.3) is 11.3 Å². The normalized spacial score (nSPS) is 10.5. The van der Waals surface area contributed by atoms with Crippen molar-refractivity contribution < 1.29 is 9.59 Å². The van der Waals surface area contributed by atoms with E-state index in [4.69, 9.17) is 11.6 Å². The lowest BCUT2D eigenvalue weighted by atomic mass is 10.1. The maximum absolute atomic E-state index is 13.1. The zero-order chi connectivity index (χ0) is 24.1. The van der Waals surface area contributed by atoms with Crippen LogP contribution in [0.2, 0.25) is 5.02 Å².